The van der Waals surface area contributed by atoms with Crippen molar-refractivity contribution >= 4 is 22.9 Å². The number of nitrogens with zero attached hydrogens (tertiary/aromatic N) is 2. The predicted molar refractivity (Wildman–Crippen MR) is 113 cm³/mol. The predicted octanol–water partition coefficient (Wildman–Crippen LogP) is 3.81. The van der Waals surface area contributed by atoms with Crippen molar-refractivity contribution in [3.05, 3.63) is 53.7 Å². The molecule has 3 aromatic rings. The zero-order valence-corrected chi connectivity index (χ0v) is 17.2. The van der Waals surface area contributed by atoms with Gasteiger partial charge in [-0.1, -0.05) is 0 Å². The number of carbonyl (C=O) groups is 1. The second-order valence-corrected chi connectivity index (χ2v) is 6.88. The van der Waals surface area contributed by atoms with Gasteiger partial charge in [0.05, 0.1) is 25.3 Å². The molecular weight excluding hydrogens is 390 g/mol. The maximum absolute atomic E-state index is 12.5. The van der Waals surface area contributed by atoms with Gasteiger partial charge in [0.25, 0.3) is 0 Å². The number of nitrogens with one attached hydrogen (secondary N) is 1. The minimum Gasteiger partial charge on any atom is -0.494 e. The Kier molecular flexibility index (Phi) is 7.54. The van der Waals surface area contributed by atoms with Crippen LogP contribution >= 0.6 is 11.3 Å². The number of carbonyl (C=O) groups excluding carboxylic acids is 1. The molecule has 0 fully saturated rings. The molecule has 0 saturated heterocycles. The Morgan fingerprint density at radius 3 is 2.72 bits per heavy atom. The number of ether oxygens (including phenoxy) is 3. The van der Waals surface area contributed by atoms with Crippen LogP contribution in [0.2, 0.25) is 0 Å². The number of benzene rings is 1. The monoisotopic (exact) mass is 413 g/mol. The highest BCUT2D eigenvalue weighted by Gasteiger charge is 2.12. The van der Waals surface area contributed by atoms with E-state index in [-0.39, 0.29) is 12.3 Å². The van der Waals surface area contributed by atoms with E-state index in [0.29, 0.717) is 37.1 Å². The lowest BCUT2D eigenvalue weighted by atomic mass is 10.2. The number of hydrogen-bond acceptors (Lipinski definition) is 7. The lowest BCUT2D eigenvalue weighted by Crippen LogP contribution is -2.16. The van der Waals surface area contributed by atoms with Crippen LogP contribution in [0.3, 0.4) is 0 Å². The SMILES string of the molecule is CCOc1ccc(-c2nc(CC(=O)Nc3cccnc3OCCOC)cs2)cc1. The third kappa shape index (κ3) is 6.00. The third-order valence-corrected chi connectivity index (χ3v) is 4.82. The number of amides is 1. The van der Waals surface area contributed by atoms with Gasteiger partial charge in [0, 0.05) is 24.3 Å². The molecule has 0 aliphatic rings. The van der Waals surface area contributed by atoms with Gasteiger partial charge in [-0.25, -0.2) is 9.97 Å². The molecule has 0 aliphatic heterocycles. The van der Waals surface area contributed by atoms with Crippen LogP contribution in [0.25, 0.3) is 10.6 Å². The van der Waals surface area contributed by atoms with Gasteiger partial charge in [-0.05, 0) is 43.3 Å². The summed E-state index contributed by atoms with van der Waals surface area (Å²) in [6, 6.07) is 11.3. The molecule has 0 unspecified atom stereocenters. The van der Waals surface area contributed by atoms with Crippen molar-refractivity contribution in [2.45, 2.75) is 13.3 Å². The molecule has 7 nitrogen and oxygen atoms in total. The van der Waals surface area contributed by atoms with Crippen molar-refractivity contribution in [2.24, 2.45) is 0 Å². The maximum Gasteiger partial charge on any atom is 0.237 e. The minimum atomic E-state index is -0.182. The van der Waals surface area contributed by atoms with Gasteiger partial charge in [0.1, 0.15) is 23.1 Å². The standard InChI is InChI=1S/C21H23N3O4S/c1-3-27-17-8-6-15(7-9-17)21-23-16(14-29-21)13-19(25)24-18-5-4-10-22-20(18)28-12-11-26-2/h4-10,14H,3,11-13H2,1-2H3,(H,24,25). The zero-order valence-electron chi connectivity index (χ0n) is 16.4. The first-order valence-corrected chi connectivity index (χ1v) is 10.1. The van der Waals surface area contributed by atoms with Crippen LogP contribution in [0.4, 0.5) is 5.69 Å². The minimum absolute atomic E-state index is 0.167. The third-order valence-electron chi connectivity index (χ3n) is 3.88. The molecule has 0 atom stereocenters. The van der Waals surface area contributed by atoms with Crippen molar-refractivity contribution in [1.82, 2.24) is 9.97 Å². The Hall–Kier alpha value is -2.97. The van der Waals surface area contributed by atoms with Gasteiger partial charge < -0.3 is 19.5 Å². The van der Waals surface area contributed by atoms with E-state index in [1.165, 1.54) is 11.3 Å². The molecule has 1 N–H and O–H groups in total. The van der Waals surface area contributed by atoms with Crippen LogP contribution in [-0.2, 0) is 16.0 Å². The van der Waals surface area contributed by atoms with Crippen LogP contribution in [0, 0.1) is 0 Å². The number of rotatable bonds is 10. The molecular formula is C21H23N3O4S. The van der Waals surface area contributed by atoms with Gasteiger partial charge in [-0.2, -0.15) is 0 Å². The van der Waals surface area contributed by atoms with Crippen molar-refractivity contribution in [2.75, 3.05) is 32.2 Å². The van der Waals surface area contributed by atoms with E-state index < -0.39 is 0 Å². The molecule has 0 aliphatic carbocycles. The fourth-order valence-electron chi connectivity index (χ4n) is 2.56. The fourth-order valence-corrected chi connectivity index (χ4v) is 3.39. The molecule has 0 saturated carbocycles. The van der Waals surface area contributed by atoms with E-state index in [9.17, 15) is 4.79 Å². The average molecular weight is 413 g/mol. The Balaban J connectivity index is 1.61. The molecule has 152 valence electrons. The lowest BCUT2D eigenvalue weighted by molar-refractivity contribution is -0.115. The number of thiazole rings is 1. The number of hydrogen-bond donors (Lipinski definition) is 1. The largest absolute Gasteiger partial charge is 0.494 e. The van der Waals surface area contributed by atoms with Crippen LogP contribution in [-0.4, -0.2) is 42.8 Å². The summed E-state index contributed by atoms with van der Waals surface area (Å²) in [5.41, 5.74) is 2.23. The maximum atomic E-state index is 12.5. The van der Waals surface area contributed by atoms with Gasteiger partial charge in [0.15, 0.2) is 0 Å². The van der Waals surface area contributed by atoms with Crippen molar-refractivity contribution in [3.8, 4) is 22.2 Å². The molecule has 0 bridgehead atoms. The van der Waals surface area contributed by atoms with E-state index >= 15 is 0 Å². The summed E-state index contributed by atoms with van der Waals surface area (Å²) in [4.78, 5) is 21.2. The summed E-state index contributed by atoms with van der Waals surface area (Å²) < 4.78 is 16.0. The Morgan fingerprint density at radius 2 is 1.97 bits per heavy atom. The van der Waals surface area contributed by atoms with Crippen molar-refractivity contribution < 1.29 is 19.0 Å². The zero-order chi connectivity index (χ0) is 20.5. The smallest absolute Gasteiger partial charge is 0.237 e. The van der Waals surface area contributed by atoms with Gasteiger partial charge in [-0.3, -0.25) is 4.79 Å². The van der Waals surface area contributed by atoms with E-state index in [4.69, 9.17) is 14.2 Å². The number of methoxy groups -OCH3 is 1. The highest BCUT2D eigenvalue weighted by atomic mass is 32.1. The first-order chi connectivity index (χ1) is 14.2. The quantitative estimate of drug-likeness (QED) is 0.509. The van der Waals surface area contributed by atoms with Gasteiger partial charge in [0.2, 0.25) is 11.8 Å². The number of anilines is 1. The van der Waals surface area contributed by atoms with Crippen LogP contribution in [0.15, 0.2) is 48.0 Å². The second kappa shape index (κ2) is 10.5. The summed E-state index contributed by atoms with van der Waals surface area (Å²) in [7, 11) is 1.60. The van der Waals surface area contributed by atoms with Crippen molar-refractivity contribution in [3.63, 3.8) is 0 Å². The summed E-state index contributed by atoms with van der Waals surface area (Å²) in [5.74, 6) is 1.01. The molecule has 1 aromatic carbocycles. The van der Waals surface area contributed by atoms with E-state index in [2.05, 4.69) is 15.3 Å². The molecule has 2 aromatic heterocycles. The molecule has 0 spiro atoms. The molecule has 29 heavy (non-hydrogen) atoms. The van der Waals surface area contributed by atoms with E-state index in [1.807, 2.05) is 36.6 Å². The first-order valence-electron chi connectivity index (χ1n) is 9.24. The van der Waals surface area contributed by atoms with E-state index in [0.717, 1.165) is 16.3 Å². The topological polar surface area (TPSA) is 82.6 Å². The molecule has 2 heterocycles. The summed E-state index contributed by atoms with van der Waals surface area (Å²) in [6.45, 7) is 3.38. The lowest BCUT2D eigenvalue weighted by Gasteiger charge is -2.10. The second-order valence-electron chi connectivity index (χ2n) is 6.02. The van der Waals surface area contributed by atoms with Gasteiger partial charge >= 0.3 is 0 Å². The highest BCUT2D eigenvalue weighted by molar-refractivity contribution is 7.13. The Morgan fingerprint density at radius 1 is 1.14 bits per heavy atom. The van der Waals surface area contributed by atoms with Crippen LogP contribution in [0.5, 0.6) is 11.6 Å². The summed E-state index contributed by atoms with van der Waals surface area (Å²) >= 11 is 1.50. The Labute approximate surface area is 173 Å². The van der Waals surface area contributed by atoms with Crippen molar-refractivity contribution in [1.29, 1.82) is 0 Å². The first kappa shape index (κ1) is 20.8. The number of pyridine rings is 1. The summed E-state index contributed by atoms with van der Waals surface area (Å²) in [6.07, 6.45) is 1.78. The highest BCUT2D eigenvalue weighted by Crippen LogP contribution is 2.26. The summed E-state index contributed by atoms with van der Waals surface area (Å²) in [5, 5.41) is 5.59. The van der Waals surface area contributed by atoms with Crippen LogP contribution in [0.1, 0.15) is 12.6 Å². The molecule has 0 radical (unpaired) electrons. The molecule has 8 heteroatoms. The molecule has 3 rings (SSSR count). The van der Waals surface area contributed by atoms with Gasteiger partial charge in [-0.15, -0.1) is 11.3 Å². The number of aromatic nitrogens is 2. The average Bonchev–Trinajstić information content (AvgIpc) is 3.18. The Bertz CT molecular complexity index is 928. The van der Waals surface area contributed by atoms with Crippen LogP contribution < -0.4 is 14.8 Å². The molecule has 1 amide bonds. The van der Waals surface area contributed by atoms with E-state index in [1.54, 1.807) is 25.4 Å². The fraction of sp³-hybridized carbons (Fsp3) is 0.286. The normalized spacial score (nSPS) is 10.6.